The van der Waals surface area contributed by atoms with Crippen molar-refractivity contribution in [3.63, 3.8) is 0 Å². The van der Waals surface area contributed by atoms with Gasteiger partial charge in [0.1, 0.15) is 11.9 Å². The Morgan fingerprint density at radius 2 is 2.05 bits per heavy atom. The molecule has 7 nitrogen and oxygen atoms in total. The highest BCUT2D eigenvalue weighted by Crippen LogP contribution is 2.34. The number of nitrogens with zero attached hydrogens (tertiary/aromatic N) is 4. The molecule has 2 rings (SSSR count). The molecule has 1 aliphatic heterocycles. The van der Waals surface area contributed by atoms with E-state index in [0.29, 0.717) is 11.5 Å². The number of aliphatic hydroxyl groups is 1. The Hall–Kier alpha value is -1.76. The van der Waals surface area contributed by atoms with Crippen LogP contribution >= 0.6 is 0 Å². The van der Waals surface area contributed by atoms with Gasteiger partial charge in [-0.1, -0.05) is 0 Å². The summed E-state index contributed by atoms with van der Waals surface area (Å²) >= 11 is 0. The van der Waals surface area contributed by atoms with Gasteiger partial charge in [0.15, 0.2) is 5.82 Å². The summed E-state index contributed by atoms with van der Waals surface area (Å²) in [4.78, 5) is 20.6. The lowest BCUT2D eigenvalue weighted by Gasteiger charge is -2.26. The van der Waals surface area contributed by atoms with Gasteiger partial charge in [-0.05, 0) is 19.8 Å². The number of aliphatic hydroxyl groups excluding tert-OH is 1. The third-order valence-electron chi connectivity index (χ3n) is 3.73. The maximum atomic E-state index is 12.2. The highest BCUT2D eigenvalue weighted by molar-refractivity contribution is 5.73. The van der Waals surface area contributed by atoms with E-state index in [4.69, 9.17) is 10.8 Å². The SMILES string of the molecule is CC1N(C)c2c(nc(N)n(C)c2=O)N1CCCCO. The molecule has 0 aromatic carbocycles. The van der Waals surface area contributed by atoms with Crippen molar-refractivity contribution in [1.82, 2.24) is 9.55 Å². The van der Waals surface area contributed by atoms with Gasteiger partial charge >= 0.3 is 0 Å². The zero-order valence-electron chi connectivity index (χ0n) is 11.6. The van der Waals surface area contributed by atoms with Gasteiger partial charge in [0, 0.05) is 27.2 Å². The largest absolute Gasteiger partial charge is 0.396 e. The molecule has 0 aliphatic carbocycles. The van der Waals surface area contributed by atoms with E-state index in [1.54, 1.807) is 7.05 Å². The first-order chi connectivity index (χ1) is 8.99. The van der Waals surface area contributed by atoms with Gasteiger partial charge in [0.05, 0.1) is 0 Å². The van der Waals surface area contributed by atoms with Crippen LogP contribution in [0.5, 0.6) is 0 Å². The molecule has 1 atom stereocenters. The fourth-order valence-corrected chi connectivity index (χ4v) is 2.36. The van der Waals surface area contributed by atoms with Crippen molar-refractivity contribution < 1.29 is 5.11 Å². The molecule has 0 saturated heterocycles. The molecule has 0 amide bonds. The molecule has 1 aromatic rings. The Balaban J connectivity index is 2.40. The second-order valence-corrected chi connectivity index (χ2v) is 4.87. The third-order valence-corrected chi connectivity index (χ3v) is 3.73. The number of hydrogen-bond donors (Lipinski definition) is 2. The topological polar surface area (TPSA) is 87.6 Å². The van der Waals surface area contributed by atoms with Crippen molar-refractivity contribution in [2.24, 2.45) is 7.05 Å². The molecule has 7 heteroatoms. The number of hydrogen-bond acceptors (Lipinski definition) is 6. The van der Waals surface area contributed by atoms with Crippen LogP contribution in [-0.2, 0) is 7.05 Å². The smallest absolute Gasteiger partial charge is 0.280 e. The summed E-state index contributed by atoms with van der Waals surface area (Å²) < 4.78 is 1.36. The molecule has 1 aliphatic rings. The van der Waals surface area contributed by atoms with Crippen molar-refractivity contribution in [3.05, 3.63) is 10.4 Å². The van der Waals surface area contributed by atoms with E-state index < -0.39 is 0 Å². The molecule has 106 valence electrons. The summed E-state index contributed by atoms with van der Waals surface area (Å²) in [7, 11) is 3.51. The van der Waals surface area contributed by atoms with Gasteiger partial charge in [-0.3, -0.25) is 9.36 Å². The van der Waals surface area contributed by atoms with Crippen LogP contribution in [0.1, 0.15) is 19.8 Å². The second kappa shape index (κ2) is 5.08. The molecular formula is C12H21N5O2. The summed E-state index contributed by atoms with van der Waals surface area (Å²) in [6.07, 6.45) is 1.66. The minimum atomic E-state index is -0.124. The maximum absolute atomic E-state index is 12.2. The molecule has 0 bridgehead atoms. The Bertz CT molecular complexity index is 528. The van der Waals surface area contributed by atoms with Crippen molar-refractivity contribution in [2.45, 2.75) is 25.9 Å². The first kappa shape index (κ1) is 13.7. The molecule has 19 heavy (non-hydrogen) atoms. The van der Waals surface area contributed by atoms with Crippen LogP contribution in [0.4, 0.5) is 17.5 Å². The highest BCUT2D eigenvalue weighted by Gasteiger charge is 2.34. The minimum Gasteiger partial charge on any atom is -0.396 e. The van der Waals surface area contributed by atoms with Crippen LogP contribution < -0.4 is 21.1 Å². The molecular weight excluding hydrogens is 246 g/mol. The van der Waals surface area contributed by atoms with E-state index in [1.165, 1.54) is 4.57 Å². The Kier molecular flexibility index (Phi) is 3.66. The van der Waals surface area contributed by atoms with Gasteiger partial charge in [-0.2, -0.15) is 4.98 Å². The molecule has 1 unspecified atom stereocenters. The van der Waals surface area contributed by atoms with Crippen molar-refractivity contribution in [1.29, 1.82) is 0 Å². The number of unbranched alkanes of at least 4 members (excludes halogenated alkanes) is 1. The van der Waals surface area contributed by atoms with E-state index in [9.17, 15) is 4.79 Å². The summed E-state index contributed by atoms with van der Waals surface area (Å²) in [5.41, 5.74) is 6.24. The van der Waals surface area contributed by atoms with Crippen LogP contribution in [0.3, 0.4) is 0 Å². The van der Waals surface area contributed by atoms with E-state index >= 15 is 0 Å². The average molecular weight is 267 g/mol. The summed E-state index contributed by atoms with van der Waals surface area (Å²) in [6, 6.07) is 0. The monoisotopic (exact) mass is 267 g/mol. The van der Waals surface area contributed by atoms with Gasteiger partial charge in [0.2, 0.25) is 5.95 Å². The third kappa shape index (κ3) is 2.14. The van der Waals surface area contributed by atoms with Gasteiger partial charge in [0.25, 0.3) is 5.56 Å². The Morgan fingerprint density at radius 3 is 2.68 bits per heavy atom. The fourth-order valence-electron chi connectivity index (χ4n) is 2.36. The highest BCUT2D eigenvalue weighted by atomic mass is 16.2. The van der Waals surface area contributed by atoms with E-state index in [0.717, 1.165) is 19.4 Å². The maximum Gasteiger partial charge on any atom is 0.280 e. The van der Waals surface area contributed by atoms with Crippen LogP contribution in [0.15, 0.2) is 4.79 Å². The van der Waals surface area contributed by atoms with Gasteiger partial charge in [-0.15, -0.1) is 0 Å². The molecule has 0 saturated carbocycles. The Labute approximate surface area is 112 Å². The zero-order chi connectivity index (χ0) is 14.2. The lowest BCUT2D eigenvalue weighted by Crippen LogP contribution is -2.40. The number of nitrogens with two attached hydrogens (primary N) is 1. The van der Waals surface area contributed by atoms with Crippen LogP contribution in [-0.4, -0.2) is 41.0 Å². The standard InChI is InChI=1S/C12H21N5O2/c1-8-15(2)9-10(17(8)6-4-5-7-18)14-12(13)16(3)11(9)19/h8,18H,4-7H2,1-3H3,(H2,13,14). The zero-order valence-corrected chi connectivity index (χ0v) is 11.6. The van der Waals surface area contributed by atoms with Crippen molar-refractivity contribution in [2.75, 3.05) is 35.7 Å². The summed E-state index contributed by atoms with van der Waals surface area (Å²) in [5, 5.41) is 8.86. The minimum absolute atomic E-state index is 0.0655. The number of nitrogen functional groups attached to an aromatic ring is 1. The quantitative estimate of drug-likeness (QED) is 0.731. The number of fused-ring (bicyclic) bond motifs is 1. The average Bonchev–Trinajstić information content (AvgIpc) is 2.61. The lowest BCUT2D eigenvalue weighted by atomic mass is 10.3. The van der Waals surface area contributed by atoms with Gasteiger partial charge in [-0.25, -0.2) is 0 Å². The molecule has 3 N–H and O–H groups in total. The molecule has 0 fully saturated rings. The molecule has 0 radical (unpaired) electrons. The molecule has 2 heterocycles. The predicted octanol–water partition coefficient (Wildman–Crippen LogP) is -0.263. The number of rotatable bonds is 4. The molecule has 0 spiro atoms. The van der Waals surface area contributed by atoms with Crippen LogP contribution in [0.25, 0.3) is 0 Å². The first-order valence-corrected chi connectivity index (χ1v) is 6.46. The van der Waals surface area contributed by atoms with E-state index in [1.807, 2.05) is 18.9 Å². The Morgan fingerprint density at radius 1 is 1.37 bits per heavy atom. The summed E-state index contributed by atoms with van der Waals surface area (Å²) in [6.45, 7) is 2.95. The van der Waals surface area contributed by atoms with E-state index in [-0.39, 0.29) is 24.3 Å². The molecule has 1 aromatic heterocycles. The van der Waals surface area contributed by atoms with Crippen LogP contribution in [0.2, 0.25) is 0 Å². The van der Waals surface area contributed by atoms with Crippen molar-refractivity contribution >= 4 is 17.5 Å². The van der Waals surface area contributed by atoms with Crippen molar-refractivity contribution in [3.8, 4) is 0 Å². The predicted molar refractivity (Wildman–Crippen MR) is 75.4 cm³/mol. The number of anilines is 3. The van der Waals surface area contributed by atoms with Crippen LogP contribution in [0, 0.1) is 0 Å². The normalized spacial score (nSPS) is 18.0. The van der Waals surface area contributed by atoms with Gasteiger partial charge < -0.3 is 20.6 Å². The van der Waals surface area contributed by atoms with E-state index in [2.05, 4.69) is 9.88 Å². The number of aromatic nitrogens is 2. The second-order valence-electron chi connectivity index (χ2n) is 4.87. The fraction of sp³-hybridized carbons (Fsp3) is 0.667. The summed E-state index contributed by atoms with van der Waals surface area (Å²) in [5.74, 6) is 0.868. The lowest BCUT2D eigenvalue weighted by molar-refractivity contribution is 0.284. The first-order valence-electron chi connectivity index (χ1n) is 6.46.